The first-order chi connectivity index (χ1) is 14.6. The number of rotatable bonds is 8. The molecule has 0 aromatic heterocycles. The van der Waals surface area contributed by atoms with E-state index in [1.165, 1.54) is 28.8 Å². The zero-order chi connectivity index (χ0) is 21.3. The van der Waals surface area contributed by atoms with Gasteiger partial charge in [-0.25, -0.2) is 0 Å². The van der Waals surface area contributed by atoms with Crippen LogP contribution >= 0.6 is 0 Å². The standard InChI is InChI=1S/C25H32N2O3/c1-4-12-25(13-5-2)23-15-18(26-14-6-7-20(26)17-30-3)8-10-21(23)22-11-9-19(27(28)29)16-24(22)25/h8-11,15-16,20H,4-7,12-14,17H2,1-3H3/t20-/m0/s1. The Hall–Kier alpha value is -2.40. The van der Waals surface area contributed by atoms with Crippen LogP contribution in [0.4, 0.5) is 11.4 Å². The maximum absolute atomic E-state index is 11.5. The van der Waals surface area contributed by atoms with Crippen molar-refractivity contribution in [3.8, 4) is 11.1 Å². The van der Waals surface area contributed by atoms with Gasteiger partial charge in [0.25, 0.3) is 5.69 Å². The smallest absolute Gasteiger partial charge is 0.269 e. The molecule has 0 amide bonds. The molecule has 0 radical (unpaired) electrons. The van der Waals surface area contributed by atoms with Crippen molar-refractivity contribution in [1.29, 1.82) is 0 Å². The number of methoxy groups -OCH3 is 1. The Morgan fingerprint density at radius 2 is 1.77 bits per heavy atom. The van der Waals surface area contributed by atoms with Crippen molar-refractivity contribution < 1.29 is 9.66 Å². The second kappa shape index (κ2) is 8.38. The van der Waals surface area contributed by atoms with Gasteiger partial charge in [-0.1, -0.05) is 32.8 Å². The van der Waals surface area contributed by atoms with Gasteiger partial charge in [0.15, 0.2) is 0 Å². The molecule has 5 nitrogen and oxygen atoms in total. The van der Waals surface area contributed by atoms with E-state index in [-0.39, 0.29) is 16.0 Å². The first-order valence-corrected chi connectivity index (χ1v) is 11.2. The van der Waals surface area contributed by atoms with E-state index in [0.717, 1.165) is 50.8 Å². The van der Waals surface area contributed by atoms with Gasteiger partial charge in [-0.3, -0.25) is 10.1 Å². The summed E-state index contributed by atoms with van der Waals surface area (Å²) in [6, 6.07) is 12.7. The molecule has 1 heterocycles. The van der Waals surface area contributed by atoms with Crippen LogP contribution in [0, 0.1) is 10.1 Å². The largest absolute Gasteiger partial charge is 0.383 e. The monoisotopic (exact) mass is 408 g/mol. The predicted octanol–water partition coefficient (Wildman–Crippen LogP) is 6.08. The number of fused-ring (bicyclic) bond motifs is 3. The topological polar surface area (TPSA) is 55.6 Å². The van der Waals surface area contributed by atoms with Crippen LogP contribution in [-0.4, -0.2) is 31.2 Å². The van der Waals surface area contributed by atoms with E-state index in [2.05, 4.69) is 36.9 Å². The SMILES string of the molecule is CCCC1(CCC)c2cc(N3CCC[C@H]3COC)ccc2-c2ccc([N+](=O)[O-])cc21. The summed E-state index contributed by atoms with van der Waals surface area (Å²) in [4.78, 5) is 13.7. The number of non-ortho nitro benzene ring substituents is 1. The first kappa shape index (κ1) is 20.9. The number of nitro groups is 1. The van der Waals surface area contributed by atoms with E-state index in [1.54, 1.807) is 13.2 Å². The first-order valence-electron chi connectivity index (χ1n) is 11.2. The third kappa shape index (κ3) is 3.29. The lowest BCUT2D eigenvalue weighted by Crippen LogP contribution is -2.33. The van der Waals surface area contributed by atoms with Gasteiger partial charge in [0.2, 0.25) is 0 Å². The van der Waals surface area contributed by atoms with E-state index in [0.29, 0.717) is 6.04 Å². The number of benzene rings is 2. The molecule has 1 aliphatic heterocycles. The fraction of sp³-hybridized carbons (Fsp3) is 0.520. The Morgan fingerprint density at radius 1 is 1.10 bits per heavy atom. The lowest BCUT2D eigenvalue weighted by Gasteiger charge is -2.33. The van der Waals surface area contributed by atoms with Gasteiger partial charge in [-0.05, 0) is 66.1 Å². The molecule has 1 atom stereocenters. The number of hydrogen-bond acceptors (Lipinski definition) is 4. The minimum absolute atomic E-state index is 0.146. The molecule has 0 unspecified atom stereocenters. The van der Waals surface area contributed by atoms with Crippen molar-refractivity contribution in [2.45, 2.75) is 63.8 Å². The summed E-state index contributed by atoms with van der Waals surface area (Å²) in [5.41, 5.74) is 6.20. The Morgan fingerprint density at radius 3 is 2.40 bits per heavy atom. The van der Waals surface area contributed by atoms with Crippen molar-refractivity contribution in [2.24, 2.45) is 0 Å². The molecule has 1 fully saturated rings. The summed E-state index contributed by atoms with van der Waals surface area (Å²) >= 11 is 0. The van der Waals surface area contributed by atoms with Crippen molar-refractivity contribution in [1.82, 2.24) is 0 Å². The van der Waals surface area contributed by atoms with E-state index >= 15 is 0 Å². The Kier molecular flexibility index (Phi) is 5.83. The number of nitrogens with zero attached hydrogens (tertiary/aromatic N) is 2. The van der Waals surface area contributed by atoms with Crippen LogP contribution in [0.5, 0.6) is 0 Å². The Bertz CT molecular complexity index is 934. The molecule has 0 bridgehead atoms. The van der Waals surface area contributed by atoms with Gasteiger partial charge >= 0.3 is 0 Å². The molecule has 0 spiro atoms. The molecule has 5 heteroatoms. The van der Waals surface area contributed by atoms with Gasteiger partial charge in [0.1, 0.15) is 0 Å². The summed E-state index contributed by atoms with van der Waals surface area (Å²) < 4.78 is 5.47. The Labute approximate surface area is 179 Å². The molecule has 4 rings (SSSR count). The van der Waals surface area contributed by atoms with Crippen molar-refractivity contribution in [2.75, 3.05) is 25.2 Å². The molecule has 0 saturated carbocycles. The predicted molar refractivity (Wildman–Crippen MR) is 121 cm³/mol. The minimum Gasteiger partial charge on any atom is -0.383 e. The summed E-state index contributed by atoms with van der Waals surface area (Å²) in [6.45, 7) is 6.23. The summed E-state index contributed by atoms with van der Waals surface area (Å²) in [7, 11) is 1.77. The van der Waals surface area contributed by atoms with Crippen LogP contribution in [0.3, 0.4) is 0 Å². The van der Waals surface area contributed by atoms with Crippen LogP contribution in [0.25, 0.3) is 11.1 Å². The second-order valence-corrected chi connectivity index (χ2v) is 8.74. The fourth-order valence-corrected chi connectivity index (χ4v) is 5.82. The molecule has 0 N–H and O–H groups in total. The lowest BCUT2D eigenvalue weighted by molar-refractivity contribution is -0.384. The quantitative estimate of drug-likeness (QED) is 0.392. The van der Waals surface area contributed by atoms with Crippen LogP contribution < -0.4 is 4.90 Å². The van der Waals surface area contributed by atoms with E-state index in [1.807, 2.05) is 12.1 Å². The van der Waals surface area contributed by atoms with Gasteiger partial charge in [0.05, 0.1) is 17.6 Å². The molecule has 160 valence electrons. The van der Waals surface area contributed by atoms with Crippen LogP contribution in [0.1, 0.15) is 63.5 Å². The van der Waals surface area contributed by atoms with Crippen LogP contribution in [-0.2, 0) is 10.2 Å². The zero-order valence-electron chi connectivity index (χ0n) is 18.3. The van der Waals surface area contributed by atoms with E-state index < -0.39 is 0 Å². The van der Waals surface area contributed by atoms with Gasteiger partial charge in [-0.2, -0.15) is 0 Å². The second-order valence-electron chi connectivity index (χ2n) is 8.74. The minimum atomic E-state index is -0.267. The maximum atomic E-state index is 11.5. The summed E-state index contributed by atoms with van der Waals surface area (Å²) in [6.07, 6.45) is 6.45. The molecule has 1 saturated heterocycles. The zero-order valence-corrected chi connectivity index (χ0v) is 18.3. The fourth-order valence-electron chi connectivity index (χ4n) is 5.82. The molecule has 2 aromatic carbocycles. The average molecular weight is 409 g/mol. The number of ether oxygens (including phenoxy) is 1. The third-order valence-corrected chi connectivity index (χ3v) is 6.96. The van der Waals surface area contributed by atoms with Crippen LogP contribution in [0.15, 0.2) is 36.4 Å². The highest BCUT2D eigenvalue weighted by Crippen LogP contribution is 2.55. The van der Waals surface area contributed by atoms with Crippen molar-refractivity contribution >= 4 is 11.4 Å². The van der Waals surface area contributed by atoms with E-state index in [4.69, 9.17) is 4.74 Å². The summed E-state index contributed by atoms with van der Waals surface area (Å²) in [5, 5.41) is 11.5. The summed E-state index contributed by atoms with van der Waals surface area (Å²) in [5.74, 6) is 0. The maximum Gasteiger partial charge on any atom is 0.269 e. The number of nitro benzene ring substituents is 1. The normalized spacial score (nSPS) is 19.0. The average Bonchev–Trinajstić information content (AvgIpc) is 3.30. The van der Waals surface area contributed by atoms with Crippen LogP contribution in [0.2, 0.25) is 0 Å². The number of anilines is 1. The highest BCUT2D eigenvalue weighted by atomic mass is 16.6. The highest BCUT2D eigenvalue weighted by Gasteiger charge is 2.43. The lowest BCUT2D eigenvalue weighted by atomic mass is 9.71. The third-order valence-electron chi connectivity index (χ3n) is 6.96. The van der Waals surface area contributed by atoms with Gasteiger partial charge in [-0.15, -0.1) is 0 Å². The van der Waals surface area contributed by atoms with Crippen molar-refractivity contribution in [3.63, 3.8) is 0 Å². The molecule has 2 aromatic rings. The molecule has 30 heavy (non-hydrogen) atoms. The molecular formula is C25H32N2O3. The van der Waals surface area contributed by atoms with Crippen molar-refractivity contribution in [3.05, 3.63) is 57.6 Å². The molecule has 1 aliphatic carbocycles. The van der Waals surface area contributed by atoms with Gasteiger partial charge in [0, 0.05) is 36.9 Å². The Balaban J connectivity index is 1.86. The number of hydrogen-bond donors (Lipinski definition) is 0. The molecule has 2 aliphatic rings. The van der Waals surface area contributed by atoms with E-state index in [9.17, 15) is 10.1 Å². The molecular weight excluding hydrogens is 376 g/mol. The van der Waals surface area contributed by atoms with Gasteiger partial charge < -0.3 is 9.64 Å². The highest BCUT2D eigenvalue weighted by molar-refractivity contribution is 5.84.